The summed E-state index contributed by atoms with van der Waals surface area (Å²) in [6.07, 6.45) is 12.5. The number of aromatic nitrogens is 3. The summed E-state index contributed by atoms with van der Waals surface area (Å²) in [6, 6.07) is 2.81. The highest BCUT2D eigenvalue weighted by molar-refractivity contribution is 5.08. The van der Waals surface area contributed by atoms with Crippen molar-refractivity contribution in [2.75, 3.05) is 6.54 Å². The van der Waals surface area contributed by atoms with Gasteiger partial charge in [-0.2, -0.15) is 0 Å². The van der Waals surface area contributed by atoms with Gasteiger partial charge in [-0.1, -0.05) is 0 Å². The van der Waals surface area contributed by atoms with Gasteiger partial charge >= 0.3 is 0 Å². The molecule has 1 aliphatic heterocycles. The molecule has 0 radical (unpaired) electrons. The normalized spacial score (nSPS) is 21.1. The van der Waals surface area contributed by atoms with Gasteiger partial charge in [0.05, 0.1) is 6.33 Å². The van der Waals surface area contributed by atoms with Crippen LogP contribution in [0.4, 0.5) is 0 Å². The number of likely N-dealkylation sites (tertiary alicyclic amines) is 1. The Bertz CT molecular complexity index is 390. The van der Waals surface area contributed by atoms with Crippen molar-refractivity contribution < 1.29 is 0 Å². The van der Waals surface area contributed by atoms with Crippen molar-refractivity contribution in [1.82, 2.24) is 19.4 Å². The smallest absolute Gasteiger partial charge is 0.0946 e. The Morgan fingerprint density at radius 1 is 1.47 bits per heavy atom. The third kappa shape index (κ3) is 2.42. The summed E-state index contributed by atoms with van der Waals surface area (Å²) in [7, 11) is 0. The maximum Gasteiger partial charge on any atom is 0.0946 e. The number of aromatic amines is 1. The topological polar surface area (TPSA) is 36.9 Å². The molecular weight excluding hydrogens is 212 g/mol. The Labute approximate surface area is 101 Å². The van der Waals surface area contributed by atoms with Gasteiger partial charge in [0.1, 0.15) is 0 Å². The lowest BCUT2D eigenvalue weighted by molar-refractivity contribution is 0.224. The molecule has 3 heterocycles. The summed E-state index contributed by atoms with van der Waals surface area (Å²) in [6.45, 7) is 3.33. The maximum atomic E-state index is 4.10. The van der Waals surface area contributed by atoms with Crippen molar-refractivity contribution in [2.45, 2.75) is 32.0 Å². The molecule has 0 aliphatic carbocycles. The van der Waals surface area contributed by atoms with Gasteiger partial charge in [-0.3, -0.25) is 4.90 Å². The molecule has 1 fully saturated rings. The molecule has 3 rings (SSSR count). The molecule has 0 spiro atoms. The second-order valence-corrected chi connectivity index (χ2v) is 4.75. The molecule has 17 heavy (non-hydrogen) atoms. The third-order valence-electron chi connectivity index (χ3n) is 3.53. The molecule has 1 saturated heterocycles. The number of rotatable bonds is 4. The highest BCUT2D eigenvalue weighted by atomic mass is 15.2. The molecule has 2 aromatic heterocycles. The predicted octanol–water partition coefficient (Wildman–Crippen LogP) is 1.88. The van der Waals surface area contributed by atoms with Crippen LogP contribution in [0.15, 0.2) is 37.2 Å². The predicted molar refractivity (Wildman–Crippen MR) is 66.5 cm³/mol. The van der Waals surface area contributed by atoms with Crippen LogP contribution < -0.4 is 0 Å². The van der Waals surface area contributed by atoms with E-state index in [1.165, 1.54) is 24.9 Å². The maximum absolute atomic E-state index is 4.10. The van der Waals surface area contributed by atoms with E-state index in [0.717, 1.165) is 13.1 Å². The molecule has 0 amide bonds. The number of nitrogens with one attached hydrogen (secondary N) is 1. The minimum atomic E-state index is 0.652. The molecule has 0 bridgehead atoms. The van der Waals surface area contributed by atoms with Crippen molar-refractivity contribution in [2.24, 2.45) is 0 Å². The molecule has 1 atom stereocenters. The second kappa shape index (κ2) is 4.75. The van der Waals surface area contributed by atoms with Gasteiger partial charge in [-0.25, -0.2) is 4.98 Å². The molecule has 1 N–H and O–H groups in total. The van der Waals surface area contributed by atoms with Crippen molar-refractivity contribution in [1.29, 1.82) is 0 Å². The van der Waals surface area contributed by atoms with Crippen LogP contribution in [0.5, 0.6) is 0 Å². The summed E-state index contributed by atoms with van der Waals surface area (Å²) in [5, 5.41) is 0. The van der Waals surface area contributed by atoms with Crippen molar-refractivity contribution in [3.63, 3.8) is 0 Å². The van der Waals surface area contributed by atoms with Crippen LogP contribution in [-0.4, -0.2) is 32.0 Å². The number of hydrogen-bond acceptors (Lipinski definition) is 2. The third-order valence-corrected chi connectivity index (χ3v) is 3.53. The zero-order chi connectivity index (χ0) is 11.5. The molecule has 4 heteroatoms. The Morgan fingerprint density at radius 2 is 2.47 bits per heavy atom. The Kier molecular flexibility index (Phi) is 2.96. The Balaban J connectivity index is 1.63. The van der Waals surface area contributed by atoms with Crippen molar-refractivity contribution in [3.8, 4) is 0 Å². The molecule has 0 aromatic carbocycles. The molecule has 0 unspecified atom stereocenters. The van der Waals surface area contributed by atoms with E-state index in [-0.39, 0.29) is 0 Å². The number of H-pyrrole nitrogens is 1. The van der Waals surface area contributed by atoms with Crippen LogP contribution in [0, 0.1) is 0 Å². The average molecular weight is 230 g/mol. The van der Waals surface area contributed by atoms with Crippen LogP contribution in [-0.2, 0) is 13.1 Å². The fourth-order valence-electron chi connectivity index (χ4n) is 2.64. The molecule has 2 aromatic rings. The lowest BCUT2D eigenvalue weighted by Crippen LogP contribution is -2.32. The van der Waals surface area contributed by atoms with Crippen molar-refractivity contribution in [3.05, 3.63) is 42.7 Å². The van der Waals surface area contributed by atoms with Gasteiger partial charge in [-0.05, 0) is 31.0 Å². The monoisotopic (exact) mass is 230 g/mol. The van der Waals surface area contributed by atoms with E-state index < -0.39 is 0 Å². The zero-order valence-corrected chi connectivity index (χ0v) is 9.92. The first-order valence-corrected chi connectivity index (χ1v) is 6.23. The molecular formula is C13H18N4. The minimum absolute atomic E-state index is 0.652. The van der Waals surface area contributed by atoms with E-state index in [1.807, 2.05) is 24.9 Å². The highest BCUT2D eigenvalue weighted by Crippen LogP contribution is 2.21. The quantitative estimate of drug-likeness (QED) is 0.870. The summed E-state index contributed by atoms with van der Waals surface area (Å²) in [4.78, 5) is 9.80. The average Bonchev–Trinajstić information content (AvgIpc) is 3.04. The van der Waals surface area contributed by atoms with E-state index in [4.69, 9.17) is 0 Å². The molecule has 90 valence electrons. The lowest BCUT2D eigenvalue weighted by atomic mass is 10.2. The highest BCUT2D eigenvalue weighted by Gasteiger charge is 2.24. The first kappa shape index (κ1) is 10.6. The van der Waals surface area contributed by atoms with Gasteiger partial charge in [-0.15, -0.1) is 0 Å². The van der Waals surface area contributed by atoms with E-state index in [2.05, 4.69) is 31.7 Å². The Hall–Kier alpha value is -1.55. The summed E-state index contributed by atoms with van der Waals surface area (Å²) in [5.41, 5.74) is 1.38. The van der Waals surface area contributed by atoms with Crippen molar-refractivity contribution >= 4 is 0 Å². The van der Waals surface area contributed by atoms with Crippen LogP contribution >= 0.6 is 0 Å². The van der Waals surface area contributed by atoms with Gasteiger partial charge < -0.3 is 9.55 Å². The van der Waals surface area contributed by atoms with Crippen LogP contribution in [0.2, 0.25) is 0 Å². The standard InChI is InChI=1S/C13H18N4/c1-2-13(10-16-7-5-15-11-16)17(6-1)9-12-3-4-14-8-12/h3-5,7-8,11,13-14H,1-2,6,9-10H2/t13-/m0/s1. The van der Waals surface area contributed by atoms with E-state index in [1.54, 1.807) is 0 Å². The van der Waals surface area contributed by atoms with Gasteiger partial charge in [0.25, 0.3) is 0 Å². The summed E-state index contributed by atoms with van der Waals surface area (Å²) < 4.78 is 2.18. The van der Waals surface area contributed by atoms with Gasteiger partial charge in [0, 0.05) is 43.9 Å². The fraction of sp³-hybridized carbons (Fsp3) is 0.462. The van der Waals surface area contributed by atoms with Crippen LogP contribution in [0.25, 0.3) is 0 Å². The largest absolute Gasteiger partial charge is 0.367 e. The fourth-order valence-corrected chi connectivity index (χ4v) is 2.64. The summed E-state index contributed by atoms with van der Waals surface area (Å²) in [5.74, 6) is 0. The number of nitrogens with zero attached hydrogens (tertiary/aromatic N) is 3. The lowest BCUT2D eigenvalue weighted by Gasteiger charge is -2.24. The van der Waals surface area contributed by atoms with Gasteiger partial charge in [0.2, 0.25) is 0 Å². The molecule has 4 nitrogen and oxygen atoms in total. The first-order chi connectivity index (χ1) is 8.42. The van der Waals surface area contributed by atoms with E-state index in [0.29, 0.717) is 6.04 Å². The minimum Gasteiger partial charge on any atom is -0.367 e. The van der Waals surface area contributed by atoms with Crippen LogP contribution in [0.1, 0.15) is 18.4 Å². The second-order valence-electron chi connectivity index (χ2n) is 4.75. The SMILES string of the molecule is c1cn(C[C@@H]2CCCN2Cc2cc[nH]c2)cn1. The number of hydrogen-bond donors (Lipinski definition) is 1. The molecule has 1 aliphatic rings. The van der Waals surface area contributed by atoms with E-state index in [9.17, 15) is 0 Å². The Morgan fingerprint density at radius 3 is 3.24 bits per heavy atom. The van der Waals surface area contributed by atoms with E-state index >= 15 is 0 Å². The zero-order valence-electron chi connectivity index (χ0n) is 9.92. The van der Waals surface area contributed by atoms with Crippen LogP contribution in [0.3, 0.4) is 0 Å². The molecule has 0 saturated carbocycles. The summed E-state index contributed by atoms with van der Waals surface area (Å²) >= 11 is 0. The number of imidazole rings is 1. The van der Waals surface area contributed by atoms with Gasteiger partial charge in [0.15, 0.2) is 0 Å². The first-order valence-electron chi connectivity index (χ1n) is 6.23.